The highest BCUT2D eigenvalue weighted by Gasteiger charge is 2.20. The first-order valence-corrected chi connectivity index (χ1v) is 8.35. The highest BCUT2D eigenvalue weighted by Crippen LogP contribution is 2.35. The molecular formula is C16H19Cl2NS. The van der Waals surface area contributed by atoms with Gasteiger partial charge in [-0.2, -0.15) is 0 Å². The van der Waals surface area contributed by atoms with Crippen molar-refractivity contribution in [3.8, 4) is 0 Å². The summed E-state index contributed by atoms with van der Waals surface area (Å²) in [6.07, 6.45) is 1.08. The second-order valence-corrected chi connectivity index (χ2v) is 7.23. The summed E-state index contributed by atoms with van der Waals surface area (Å²) in [4.78, 5) is 2.64. The summed E-state index contributed by atoms with van der Waals surface area (Å²) in [5.74, 6) is 0. The number of hydrogen-bond acceptors (Lipinski definition) is 2. The maximum atomic E-state index is 6.38. The van der Waals surface area contributed by atoms with Crippen LogP contribution in [0.4, 0.5) is 0 Å². The van der Waals surface area contributed by atoms with Crippen molar-refractivity contribution in [2.45, 2.75) is 33.2 Å². The van der Waals surface area contributed by atoms with Crippen molar-refractivity contribution in [3.05, 3.63) is 55.2 Å². The van der Waals surface area contributed by atoms with Crippen LogP contribution in [0.5, 0.6) is 0 Å². The van der Waals surface area contributed by atoms with Crippen LogP contribution in [-0.2, 0) is 0 Å². The van der Waals surface area contributed by atoms with E-state index in [2.05, 4.69) is 32.2 Å². The molecule has 0 saturated carbocycles. The second kappa shape index (κ2) is 6.95. The van der Waals surface area contributed by atoms with Gasteiger partial charge < -0.3 is 5.32 Å². The Morgan fingerprint density at radius 1 is 1.15 bits per heavy atom. The van der Waals surface area contributed by atoms with Gasteiger partial charge in [-0.05, 0) is 62.2 Å². The van der Waals surface area contributed by atoms with Crippen LogP contribution < -0.4 is 5.32 Å². The van der Waals surface area contributed by atoms with E-state index in [4.69, 9.17) is 23.2 Å². The zero-order valence-electron chi connectivity index (χ0n) is 12.0. The quantitative estimate of drug-likeness (QED) is 0.736. The fourth-order valence-electron chi connectivity index (χ4n) is 2.35. The van der Waals surface area contributed by atoms with Crippen LogP contribution in [0, 0.1) is 13.8 Å². The van der Waals surface area contributed by atoms with E-state index in [0.29, 0.717) is 0 Å². The molecule has 20 heavy (non-hydrogen) atoms. The third-order valence-corrected chi connectivity index (χ3v) is 4.82. The van der Waals surface area contributed by atoms with Gasteiger partial charge in [-0.1, -0.05) is 30.1 Å². The Bertz CT molecular complexity index is 592. The van der Waals surface area contributed by atoms with E-state index in [-0.39, 0.29) is 6.04 Å². The molecule has 1 nitrogen and oxygen atoms in total. The van der Waals surface area contributed by atoms with Crippen LogP contribution in [0.1, 0.15) is 40.3 Å². The maximum absolute atomic E-state index is 6.38. The molecule has 108 valence electrons. The molecule has 1 unspecified atom stereocenters. The molecule has 0 saturated heterocycles. The van der Waals surface area contributed by atoms with Crippen LogP contribution in [0.3, 0.4) is 0 Å². The minimum Gasteiger partial charge on any atom is -0.306 e. The first kappa shape index (κ1) is 15.8. The summed E-state index contributed by atoms with van der Waals surface area (Å²) in [6, 6.07) is 8.00. The number of thiophene rings is 1. The van der Waals surface area contributed by atoms with E-state index in [1.807, 2.05) is 29.5 Å². The Balaban J connectivity index is 2.46. The zero-order valence-corrected chi connectivity index (χ0v) is 14.3. The van der Waals surface area contributed by atoms with Gasteiger partial charge in [-0.25, -0.2) is 0 Å². The van der Waals surface area contributed by atoms with Crippen molar-refractivity contribution < 1.29 is 0 Å². The number of halogens is 2. The minimum absolute atomic E-state index is 0.103. The number of rotatable bonds is 5. The molecule has 1 atom stereocenters. The third-order valence-electron chi connectivity index (χ3n) is 3.26. The van der Waals surface area contributed by atoms with E-state index in [0.717, 1.165) is 28.6 Å². The van der Waals surface area contributed by atoms with Crippen LogP contribution >= 0.6 is 34.5 Å². The molecule has 4 heteroatoms. The van der Waals surface area contributed by atoms with Crippen LogP contribution in [0.2, 0.25) is 10.0 Å². The highest BCUT2D eigenvalue weighted by molar-refractivity contribution is 7.12. The minimum atomic E-state index is 0.103. The second-order valence-electron chi connectivity index (χ2n) is 4.92. The van der Waals surface area contributed by atoms with Gasteiger partial charge in [-0.3, -0.25) is 0 Å². The van der Waals surface area contributed by atoms with Crippen LogP contribution in [0.15, 0.2) is 24.3 Å². The summed E-state index contributed by atoms with van der Waals surface area (Å²) in [5.41, 5.74) is 2.35. The van der Waals surface area contributed by atoms with Crippen molar-refractivity contribution in [3.63, 3.8) is 0 Å². The molecule has 2 rings (SSSR count). The molecule has 0 radical (unpaired) electrons. The lowest BCUT2D eigenvalue weighted by Gasteiger charge is -2.21. The Morgan fingerprint density at radius 3 is 2.50 bits per heavy atom. The Hall–Kier alpha value is -0.540. The van der Waals surface area contributed by atoms with Crippen molar-refractivity contribution >= 4 is 34.5 Å². The van der Waals surface area contributed by atoms with Gasteiger partial charge in [0.25, 0.3) is 0 Å². The molecule has 0 aliphatic rings. The summed E-state index contributed by atoms with van der Waals surface area (Å²) >= 11 is 14.3. The predicted octanol–water partition coefficient (Wildman–Crippen LogP) is 5.76. The Kier molecular flexibility index (Phi) is 5.50. The summed E-state index contributed by atoms with van der Waals surface area (Å²) in [6.45, 7) is 7.40. The van der Waals surface area contributed by atoms with Crippen molar-refractivity contribution in [2.75, 3.05) is 6.54 Å². The standard InChI is InChI=1S/C16H19Cl2NS/c1-4-7-19-16(13-8-10(2)20-11(13)3)14-9-12(17)5-6-15(14)18/h5-6,8-9,16,19H,4,7H2,1-3H3. The summed E-state index contributed by atoms with van der Waals surface area (Å²) in [7, 11) is 0. The average molecular weight is 328 g/mol. The Morgan fingerprint density at radius 2 is 1.90 bits per heavy atom. The van der Waals surface area contributed by atoms with Gasteiger partial charge in [0.05, 0.1) is 6.04 Å². The third kappa shape index (κ3) is 3.56. The zero-order chi connectivity index (χ0) is 14.7. The van der Waals surface area contributed by atoms with Gasteiger partial charge in [-0.15, -0.1) is 11.3 Å². The monoisotopic (exact) mass is 327 g/mol. The first-order chi connectivity index (χ1) is 9.52. The van der Waals surface area contributed by atoms with Gasteiger partial charge in [0.1, 0.15) is 0 Å². The number of aryl methyl sites for hydroxylation is 2. The number of nitrogens with one attached hydrogen (secondary N) is 1. The average Bonchev–Trinajstić information content (AvgIpc) is 2.73. The van der Waals surface area contributed by atoms with Gasteiger partial charge in [0, 0.05) is 19.8 Å². The SMILES string of the molecule is CCCNC(c1cc(Cl)ccc1Cl)c1cc(C)sc1C. The lowest BCUT2D eigenvalue weighted by molar-refractivity contribution is 0.598. The van der Waals surface area contributed by atoms with Crippen molar-refractivity contribution in [1.82, 2.24) is 5.32 Å². The largest absolute Gasteiger partial charge is 0.306 e. The summed E-state index contributed by atoms with van der Waals surface area (Å²) < 4.78 is 0. The fourth-order valence-corrected chi connectivity index (χ4v) is 3.72. The summed E-state index contributed by atoms with van der Waals surface area (Å²) in [5, 5.41) is 5.06. The Labute approximate surface area is 134 Å². The fraction of sp³-hybridized carbons (Fsp3) is 0.375. The molecule has 0 amide bonds. The topological polar surface area (TPSA) is 12.0 Å². The van der Waals surface area contributed by atoms with Crippen molar-refractivity contribution in [2.24, 2.45) is 0 Å². The molecule has 1 heterocycles. The number of benzene rings is 1. The van der Waals surface area contributed by atoms with Crippen LogP contribution in [0.25, 0.3) is 0 Å². The van der Waals surface area contributed by atoms with Crippen molar-refractivity contribution in [1.29, 1.82) is 0 Å². The molecule has 0 aliphatic carbocycles. The first-order valence-electron chi connectivity index (χ1n) is 6.78. The van der Waals surface area contributed by atoms with Crippen LogP contribution in [-0.4, -0.2) is 6.54 Å². The molecule has 1 N–H and O–H groups in total. The molecule has 0 spiro atoms. The predicted molar refractivity (Wildman–Crippen MR) is 90.4 cm³/mol. The van der Waals surface area contributed by atoms with Gasteiger partial charge in [0.2, 0.25) is 0 Å². The molecule has 0 fully saturated rings. The molecular weight excluding hydrogens is 309 g/mol. The van der Waals surface area contributed by atoms with E-state index in [1.54, 1.807) is 0 Å². The highest BCUT2D eigenvalue weighted by atomic mass is 35.5. The lowest BCUT2D eigenvalue weighted by atomic mass is 9.98. The van der Waals surface area contributed by atoms with E-state index in [1.165, 1.54) is 15.3 Å². The van der Waals surface area contributed by atoms with E-state index >= 15 is 0 Å². The number of hydrogen-bond donors (Lipinski definition) is 1. The molecule has 0 aliphatic heterocycles. The van der Waals surface area contributed by atoms with Gasteiger partial charge >= 0.3 is 0 Å². The van der Waals surface area contributed by atoms with E-state index in [9.17, 15) is 0 Å². The normalized spacial score (nSPS) is 12.7. The molecule has 1 aromatic carbocycles. The lowest BCUT2D eigenvalue weighted by Crippen LogP contribution is -2.23. The van der Waals surface area contributed by atoms with Gasteiger partial charge in [0.15, 0.2) is 0 Å². The molecule has 0 bridgehead atoms. The molecule has 1 aromatic heterocycles. The smallest absolute Gasteiger partial charge is 0.0602 e. The van der Waals surface area contributed by atoms with E-state index < -0.39 is 0 Å². The maximum Gasteiger partial charge on any atom is 0.0602 e. The molecule has 2 aromatic rings.